The van der Waals surface area contributed by atoms with E-state index in [2.05, 4.69) is 56.4 Å². The molecule has 0 aromatic heterocycles. The van der Waals surface area contributed by atoms with Crippen LogP contribution >= 0.6 is 0 Å². The van der Waals surface area contributed by atoms with E-state index < -0.39 is 94.6 Å². The van der Waals surface area contributed by atoms with Crippen molar-refractivity contribution in [3.63, 3.8) is 0 Å². The van der Waals surface area contributed by atoms with Gasteiger partial charge in [-0.15, -0.1) is 0 Å². The summed E-state index contributed by atoms with van der Waals surface area (Å²) in [4.78, 5) is 116. The van der Waals surface area contributed by atoms with Crippen LogP contribution in [0.1, 0.15) is 189 Å². The summed E-state index contributed by atoms with van der Waals surface area (Å²) < 4.78 is 12.3. The Bertz CT molecular complexity index is 2490. The number of hydrogen-bond acceptors (Lipinski definition) is 12. The van der Waals surface area contributed by atoms with E-state index in [1.165, 1.54) is 72.6 Å². The second kappa shape index (κ2) is 36.7. The summed E-state index contributed by atoms with van der Waals surface area (Å²) in [6.07, 6.45) is 13.4. The van der Waals surface area contributed by atoms with Gasteiger partial charge in [-0.05, 0) is 86.0 Å². The number of benzene rings is 3. The third kappa shape index (κ3) is 23.0. The van der Waals surface area contributed by atoms with Gasteiger partial charge in [-0.2, -0.15) is 0 Å². The second-order valence-corrected chi connectivity index (χ2v) is 25.8. The SMILES string of the molecule is CCCCCCCCOCC(NC(=O)C1CC(NC(=O)c2ccc(C(=O)NC3CC(C(=O)NC(COCCCCCCCC)c4ccccc4)N(C(=O)C(NC(=O)CNC)C(C)(C)C)C3)cc2)CN1C(=O)C(NC(=O)CNC)C(C)(C)C)c1ccccc1. The highest BCUT2D eigenvalue weighted by Crippen LogP contribution is 2.30. The van der Waals surface area contributed by atoms with Crippen molar-refractivity contribution in [3.8, 4) is 0 Å². The van der Waals surface area contributed by atoms with Gasteiger partial charge in [0.25, 0.3) is 11.8 Å². The molecular weight excluding hydrogens is 1120 g/mol. The van der Waals surface area contributed by atoms with Crippen molar-refractivity contribution in [2.75, 3.05) is 66.7 Å². The fourth-order valence-corrected chi connectivity index (χ4v) is 11.3. The normalized spacial score (nSPS) is 18.2. The zero-order valence-corrected chi connectivity index (χ0v) is 54.2. The Morgan fingerprint density at radius 1 is 0.477 bits per heavy atom. The van der Waals surface area contributed by atoms with Gasteiger partial charge in [0.15, 0.2) is 0 Å². The van der Waals surface area contributed by atoms with E-state index in [0.29, 0.717) is 13.2 Å². The number of likely N-dealkylation sites (tertiary alicyclic amines) is 2. The van der Waals surface area contributed by atoms with Crippen molar-refractivity contribution in [2.24, 2.45) is 10.8 Å². The third-order valence-corrected chi connectivity index (χ3v) is 16.3. The zero-order chi connectivity index (χ0) is 64.2. The number of likely N-dealkylation sites (N-methyl/N-ethyl adjacent to an activating group) is 2. The summed E-state index contributed by atoms with van der Waals surface area (Å²) in [6.45, 7) is 16.8. The highest BCUT2D eigenvalue weighted by atomic mass is 16.5. The maximum atomic E-state index is 14.8. The largest absolute Gasteiger partial charge is 0.379 e. The molecular formula is C68H104N10O10. The van der Waals surface area contributed by atoms with E-state index in [1.54, 1.807) is 14.1 Å². The summed E-state index contributed by atoms with van der Waals surface area (Å²) in [6, 6.07) is 18.5. The van der Waals surface area contributed by atoms with Gasteiger partial charge in [-0.25, -0.2) is 0 Å². The van der Waals surface area contributed by atoms with Crippen molar-refractivity contribution in [2.45, 2.75) is 194 Å². The molecule has 20 heteroatoms. The smallest absolute Gasteiger partial charge is 0.251 e. The predicted octanol–water partition coefficient (Wildman–Crippen LogP) is 7.06. The van der Waals surface area contributed by atoms with Crippen molar-refractivity contribution < 1.29 is 47.8 Å². The number of carbonyl (C=O) groups is 8. The molecule has 0 aliphatic carbocycles. The molecule has 3 aromatic rings. The molecule has 8 amide bonds. The van der Waals surface area contributed by atoms with Gasteiger partial charge in [-0.3, -0.25) is 38.4 Å². The van der Waals surface area contributed by atoms with Gasteiger partial charge >= 0.3 is 0 Å². The Morgan fingerprint density at radius 3 is 1.15 bits per heavy atom. The number of ether oxygens (including phenoxy) is 2. The number of amides is 8. The Morgan fingerprint density at radius 2 is 0.818 bits per heavy atom. The molecule has 88 heavy (non-hydrogen) atoms. The first-order valence-electron chi connectivity index (χ1n) is 32.2. The third-order valence-electron chi connectivity index (χ3n) is 16.3. The first-order chi connectivity index (χ1) is 42.1. The molecule has 2 fully saturated rings. The molecule has 0 bridgehead atoms. The molecule has 8 atom stereocenters. The fourth-order valence-electron chi connectivity index (χ4n) is 11.3. The van der Waals surface area contributed by atoms with Crippen LogP contribution in [0.15, 0.2) is 84.9 Å². The van der Waals surface area contributed by atoms with Gasteiger partial charge < -0.3 is 61.8 Å². The highest BCUT2D eigenvalue weighted by Gasteiger charge is 2.47. The number of unbranched alkanes of at least 4 members (excludes halogenated alkanes) is 10. The van der Waals surface area contributed by atoms with E-state index in [0.717, 1.165) is 49.7 Å². The molecule has 0 spiro atoms. The molecule has 5 rings (SSSR count). The lowest BCUT2D eigenvalue weighted by atomic mass is 9.85. The quantitative estimate of drug-likeness (QED) is 0.0273. The van der Waals surface area contributed by atoms with E-state index in [9.17, 15) is 38.4 Å². The van der Waals surface area contributed by atoms with Crippen LogP contribution in [0.4, 0.5) is 0 Å². The monoisotopic (exact) mass is 1220 g/mol. The number of carbonyl (C=O) groups excluding carboxylic acids is 8. The minimum Gasteiger partial charge on any atom is -0.379 e. The first kappa shape index (κ1) is 72.0. The Kier molecular flexibility index (Phi) is 30.0. The maximum absolute atomic E-state index is 14.8. The number of nitrogens with one attached hydrogen (secondary N) is 8. The molecule has 0 saturated carbocycles. The lowest BCUT2D eigenvalue weighted by Crippen LogP contribution is -2.58. The Hall–Kier alpha value is -6.74. The standard InChI is InChI=1S/C68H104N10O10/c1-11-13-15-17-19-27-37-87-45-53(47-29-23-21-24-30-47)73-63(83)55-39-51(43-77(55)65(85)59(67(3,4)5)75-57(79)41-69-9)71-61(81)49-33-35-50(36-34-49)62(82)72-52-40-56(78(44-52)66(86)60(68(6,7)8)76-58(80)42-70-10)64(84)74-54(48-31-25-22-26-32-48)46-88-38-28-20-18-16-14-12-2/h21-26,29-36,51-56,59-60,69-70H,11-20,27-28,37-46H2,1-10H3,(H,71,81)(H,72,82)(H,73,83)(H,74,84)(H,75,79)(H,76,80). The van der Waals surface area contributed by atoms with Crippen LogP contribution in [0.2, 0.25) is 0 Å². The van der Waals surface area contributed by atoms with E-state index in [1.807, 2.05) is 102 Å². The van der Waals surface area contributed by atoms with Crippen molar-refractivity contribution in [3.05, 3.63) is 107 Å². The van der Waals surface area contributed by atoms with Gasteiger partial charge in [-0.1, -0.05) is 180 Å². The minimum absolute atomic E-state index is 0.0244. The van der Waals surface area contributed by atoms with Crippen LogP contribution in [0.5, 0.6) is 0 Å². The number of rotatable bonds is 36. The van der Waals surface area contributed by atoms with Gasteiger partial charge in [0.2, 0.25) is 35.4 Å². The molecule has 2 heterocycles. The molecule has 2 aliphatic rings. The van der Waals surface area contributed by atoms with Crippen molar-refractivity contribution >= 4 is 47.3 Å². The summed E-state index contributed by atoms with van der Waals surface area (Å²) in [5.41, 5.74) is 0.585. The van der Waals surface area contributed by atoms with E-state index >= 15 is 0 Å². The van der Waals surface area contributed by atoms with Crippen LogP contribution in [-0.2, 0) is 38.2 Å². The first-order valence-corrected chi connectivity index (χ1v) is 32.2. The van der Waals surface area contributed by atoms with Crippen LogP contribution in [-0.4, -0.2) is 160 Å². The Labute approximate surface area is 523 Å². The molecule has 0 radical (unpaired) electrons. The maximum Gasteiger partial charge on any atom is 0.251 e. The topological polar surface area (TPSA) is 258 Å². The molecule has 3 aromatic carbocycles. The number of nitrogens with zero attached hydrogens (tertiary/aromatic N) is 2. The van der Waals surface area contributed by atoms with E-state index in [4.69, 9.17) is 9.47 Å². The highest BCUT2D eigenvalue weighted by molar-refractivity contribution is 5.99. The van der Waals surface area contributed by atoms with Crippen LogP contribution < -0.4 is 42.5 Å². The summed E-state index contributed by atoms with van der Waals surface area (Å²) in [7, 11) is 3.27. The molecule has 20 nitrogen and oxygen atoms in total. The van der Waals surface area contributed by atoms with Crippen LogP contribution in [0, 0.1) is 10.8 Å². The molecule has 2 saturated heterocycles. The molecule has 486 valence electrons. The lowest BCUT2D eigenvalue weighted by molar-refractivity contribution is -0.144. The predicted molar refractivity (Wildman–Crippen MR) is 343 cm³/mol. The molecule has 8 unspecified atom stereocenters. The Balaban J connectivity index is 1.33. The molecule has 8 N–H and O–H groups in total. The fraction of sp³-hybridized carbons (Fsp3) is 0.618. The van der Waals surface area contributed by atoms with Crippen LogP contribution in [0.3, 0.4) is 0 Å². The molecule has 2 aliphatic heterocycles. The second-order valence-electron chi connectivity index (χ2n) is 25.8. The van der Waals surface area contributed by atoms with Gasteiger partial charge in [0.1, 0.15) is 24.2 Å². The zero-order valence-electron chi connectivity index (χ0n) is 54.2. The van der Waals surface area contributed by atoms with Gasteiger partial charge in [0.05, 0.1) is 38.4 Å². The van der Waals surface area contributed by atoms with E-state index in [-0.39, 0.29) is 75.2 Å². The van der Waals surface area contributed by atoms with Gasteiger partial charge in [0, 0.05) is 49.5 Å². The lowest BCUT2D eigenvalue weighted by Gasteiger charge is -2.35. The van der Waals surface area contributed by atoms with Crippen LogP contribution in [0.25, 0.3) is 0 Å². The average molecular weight is 1220 g/mol. The van der Waals surface area contributed by atoms with Crippen molar-refractivity contribution in [1.82, 2.24) is 52.3 Å². The van der Waals surface area contributed by atoms with Crippen molar-refractivity contribution in [1.29, 1.82) is 0 Å². The average Bonchev–Trinajstić information content (AvgIpc) is 1.81. The summed E-state index contributed by atoms with van der Waals surface area (Å²) in [5, 5.41) is 23.8. The summed E-state index contributed by atoms with van der Waals surface area (Å²) >= 11 is 0. The number of hydrogen-bond donors (Lipinski definition) is 8. The summed E-state index contributed by atoms with van der Waals surface area (Å²) in [5.74, 6) is -3.57. The minimum atomic E-state index is -1.03.